The minimum absolute atomic E-state index is 0.0239. The first kappa shape index (κ1) is 17.9. The van der Waals surface area contributed by atoms with E-state index < -0.39 is 7.12 Å². The molecule has 2 heterocycles. The highest BCUT2D eigenvalue weighted by Gasteiger charge is 2.51. The lowest BCUT2D eigenvalue weighted by atomic mass is 9.80. The minimum atomic E-state index is -0.416. The zero-order valence-electron chi connectivity index (χ0n) is 15.3. The Morgan fingerprint density at radius 2 is 1.60 bits per heavy atom. The number of nitrogens with zero attached hydrogens (tertiary/aromatic N) is 1. The Bertz CT molecular complexity index is 716. The summed E-state index contributed by atoms with van der Waals surface area (Å²) in [5, 5.41) is 3.31. The van der Waals surface area contributed by atoms with E-state index in [0.29, 0.717) is 0 Å². The average molecular weight is 342 g/mol. The molecule has 1 N–H and O–H groups in total. The van der Waals surface area contributed by atoms with Crippen molar-refractivity contribution in [2.24, 2.45) is 0 Å². The molecular weight excluding hydrogens is 318 g/mol. The van der Waals surface area contributed by atoms with Gasteiger partial charge in [-0.25, -0.2) is 9.37 Å². The first-order chi connectivity index (χ1) is 11.7. The van der Waals surface area contributed by atoms with Crippen molar-refractivity contribution in [2.45, 2.75) is 51.9 Å². The smallest absolute Gasteiger partial charge is 0.399 e. The third-order valence-electron chi connectivity index (χ3n) is 5.05. The highest BCUT2D eigenvalue weighted by molar-refractivity contribution is 6.62. The molecule has 25 heavy (non-hydrogen) atoms. The summed E-state index contributed by atoms with van der Waals surface area (Å²) in [6.07, 6.45) is 1.77. The molecular formula is C19H24BFN2O2. The van der Waals surface area contributed by atoms with Crippen LogP contribution in [0.15, 0.2) is 42.6 Å². The topological polar surface area (TPSA) is 43.4 Å². The molecule has 1 fully saturated rings. The maximum atomic E-state index is 13.0. The zero-order chi connectivity index (χ0) is 18.2. The molecule has 0 radical (unpaired) electrons. The summed E-state index contributed by atoms with van der Waals surface area (Å²) in [4.78, 5) is 4.46. The molecule has 2 aromatic rings. The molecule has 4 nitrogen and oxygen atoms in total. The molecule has 1 aromatic carbocycles. The Morgan fingerprint density at radius 3 is 2.12 bits per heavy atom. The van der Waals surface area contributed by atoms with E-state index in [1.54, 1.807) is 18.3 Å². The number of pyridine rings is 1. The van der Waals surface area contributed by atoms with Crippen LogP contribution in [-0.2, 0) is 9.31 Å². The number of rotatable bonds is 4. The summed E-state index contributed by atoms with van der Waals surface area (Å²) in [5.74, 6) is 0.512. The number of nitrogens with one attached hydrogen (secondary N) is 1. The van der Waals surface area contributed by atoms with Crippen LogP contribution in [-0.4, -0.2) is 23.3 Å². The summed E-state index contributed by atoms with van der Waals surface area (Å²) in [5.41, 5.74) is 1.15. The van der Waals surface area contributed by atoms with Gasteiger partial charge in [0.05, 0.1) is 11.2 Å². The van der Waals surface area contributed by atoms with Gasteiger partial charge in [-0.3, -0.25) is 0 Å². The molecule has 0 spiro atoms. The van der Waals surface area contributed by atoms with Crippen LogP contribution in [0.4, 0.5) is 10.2 Å². The molecule has 0 amide bonds. The van der Waals surface area contributed by atoms with Gasteiger partial charge < -0.3 is 14.6 Å². The molecule has 132 valence electrons. The summed E-state index contributed by atoms with van der Waals surface area (Å²) in [6.45, 7) is 10.1. The Hall–Kier alpha value is -1.92. The summed E-state index contributed by atoms with van der Waals surface area (Å²) in [7, 11) is -0.416. The fourth-order valence-electron chi connectivity index (χ4n) is 2.67. The lowest BCUT2D eigenvalue weighted by Crippen LogP contribution is -2.41. The van der Waals surface area contributed by atoms with Crippen molar-refractivity contribution >= 4 is 18.4 Å². The largest absolute Gasteiger partial charge is 0.496 e. The quantitative estimate of drug-likeness (QED) is 0.861. The van der Waals surface area contributed by atoms with Gasteiger partial charge in [-0.1, -0.05) is 18.2 Å². The zero-order valence-corrected chi connectivity index (χ0v) is 15.3. The van der Waals surface area contributed by atoms with Crippen molar-refractivity contribution in [3.63, 3.8) is 0 Å². The van der Waals surface area contributed by atoms with Gasteiger partial charge in [0, 0.05) is 17.7 Å². The van der Waals surface area contributed by atoms with E-state index in [2.05, 4.69) is 10.3 Å². The lowest BCUT2D eigenvalue weighted by molar-refractivity contribution is 0.00578. The summed E-state index contributed by atoms with van der Waals surface area (Å²) in [6, 6.07) is 10.3. The van der Waals surface area contributed by atoms with Crippen molar-refractivity contribution in [3.8, 4) is 0 Å². The van der Waals surface area contributed by atoms with Crippen LogP contribution >= 0.6 is 0 Å². The Balaban J connectivity index is 1.68. The molecule has 3 rings (SSSR count). The van der Waals surface area contributed by atoms with E-state index in [1.807, 2.05) is 46.8 Å². The van der Waals surface area contributed by atoms with Crippen molar-refractivity contribution in [1.29, 1.82) is 0 Å². The first-order valence-corrected chi connectivity index (χ1v) is 8.51. The highest BCUT2D eigenvalue weighted by Crippen LogP contribution is 2.36. The third kappa shape index (κ3) is 3.70. The van der Waals surface area contributed by atoms with E-state index in [9.17, 15) is 4.39 Å². The summed E-state index contributed by atoms with van der Waals surface area (Å²) >= 11 is 0. The van der Waals surface area contributed by atoms with Crippen molar-refractivity contribution in [3.05, 3.63) is 54.0 Å². The standard InChI is InChI=1S/C19H24BFN2O2/c1-13(14-6-9-16(21)10-7-14)23-17-11-8-15(12-22-17)20-24-18(2,3)19(4,5)25-20/h6-13H,1-5H3,(H,22,23)/t13-/m1/s1. The van der Waals surface area contributed by atoms with Gasteiger partial charge in [0.25, 0.3) is 0 Å². The predicted octanol–water partition coefficient (Wildman–Crippen LogP) is 3.69. The second-order valence-corrected chi connectivity index (χ2v) is 7.48. The minimum Gasteiger partial charge on any atom is -0.399 e. The van der Waals surface area contributed by atoms with E-state index in [4.69, 9.17) is 9.31 Å². The molecule has 6 heteroatoms. The van der Waals surface area contributed by atoms with Crippen molar-refractivity contribution in [2.75, 3.05) is 5.32 Å². The maximum Gasteiger partial charge on any atom is 0.496 e. The number of anilines is 1. The predicted molar refractivity (Wildman–Crippen MR) is 98.4 cm³/mol. The van der Waals surface area contributed by atoms with Gasteiger partial charge in [0.15, 0.2) is 0 Å². The van der Waals surface area contributed by atoms with Crippen LogP contribution in [0.3, 0.4) is 0 Å². The molecule has 0 unspecified atom stereocenters. The van der Waals surface area contributed by atoms with Crippen molar-refractivity contribution in [1.82, 2.24) is 4.98 Å². The van der Waals surface area contributed by atoms with Crippen LogP contribution in [0.25, 0.3) is 0 Å². The molecule has 1 aliphatic heterocycles. The molecule has 0 bridgehead atoms. The molecule has 1 aliphatic rings. The van der Waals surface area contributed by atoms with Gasteiger partial charge in [0.1, 0.15) is 11.6 Å². The lowest BCUT2D eigenvalue weighted by Gasteiger charge is -2.32. The number of hydrogen-bond acceptors (Lipinski definition) is 4. The Kier molecular flexibility index (Phi) is 4.60. The van der Waals surface area contributed by atoms with Gasteiger partial charge in [-0.05, 0) is 58.4 Å². The van der Waals surface area contributed by atoms with Gasteiger partial charge in [-0.2, -0.15) is 0 Å². The second-order valence-electron chi connectivity index (χ2n) is 7.48. The fourth-order valence-corrected chi connectivity index (χ4v) is 2.67. The molecule has 0 saturated carbocycles. The number of halogens is 1. The maximum absolute atomic E-state index is 13.0. The molecule has 1 atom stereocenters. The van der Waals surface area contributed by atoms with Crippen LogP contribution in [0.5, 0.6) is 0 Å². The third-order valence-corrected chi connectivity index (χ3v) is 5.05. The van der Waals surface area contributed by atoms with E-state index in [-0.39, 0.29) is 23.1 Å². The van der Waals surface area contributed by atoms with Crippen LogP contribution < -0.4 is 10.8 Å². The fraction of sp³-hybridized carbons (Fsp3) is 0.421. The van der Waals surface area contributed by atoms with Gasteiger partial charge in [0.2, 0.25) is 0 Å². The molecule has 1 saturated heterocycles. The number of aromatic nitrogens is 1. The highest BCUT2D eigenvalue weighted by atomic mass is 19.1. The van der Waals surface area contributed by atoms with Crippen LogP contribution in [0.2, 0.25) is 0 Å². The van der Waals surface area contributed by atoms with Gasteiger partial charge >= 0.3 is 7.12 Å². The average Bonchev–Trinajstić information content (AvgIpc) is 2.76. The van der Waals surface area contributed by atoms with E-state index >= 15 is 0 Å². The second kappa shape index (κ2) is 6.43. The Morgan fingerprint density at radius 1 is 1.00 bits per heavy atom. The monoisotopic (exact) mass is 342 g/mol. The van der Waals surface area contributed by atoms with Crippen LogP contribution in [0, 0.1) is 5.82 Å². The van der Waals surface area contributed by atoms with E-state index in [0.717, 1.165) is 16.8 Å². The Labute approximate surface area is 148 Å². The van der Waals surface area contributed by atoms with Gasteiger partial charge in [-0.15, -0.1) is 0 Å². The number of benzene rings is 1. The SMILES string of the molecule is C[C@@H](Nc1ccc(B2OC(C)(C)C(C)(C)O2)cn1)c1ccc(F)cc1. The number of hydrogen-bond donors (Lipinski definition) is 1. The molecule has 0 aliphatic carbocycles. The van der Waals surface area contributed by atoms with E-state index in [1.165, 1.54) is 12.1 Å². The summed E-state index contributed by atoms with van der Waals surface area (Å²) < 4.78 is 25.1. The first-order valence-electron chi connectivity index (χ1n) is 8.51. The molecule has 1 aromatic heterocycles. The van der Waals surface area contributed by atoms with Crippen molar-refractivity contribution < 1.29 is 13.7 Å². The normalized spacial score (nSPS) is 19.7. The van der Waals surface area contributed by atoms with Crippen LogP contribution in [0.1, 0.15) is 46.2 Å².